The molecule has 1 heterocycles. The van der Waals surface area contributed by atoms with E-state index in [-0.39, 0.29) is 0 Å². The predicted octanol–water partition coefficient (Wildman–Crippen LogP) is 0.960. The second kappa shape index (κ2) is 3.93. The Hall–Kier alpha value is -1.27. The molecule has 0 radical (unpaired) electrons. The van der Waals surface area contributed by atoms with Gasteiger partial charge in [0.25, 0.3) is 0 Å². The summed E-state index contributed by atoms with van der Waals surface area (Å²) in [6, 6.07) is 1.74. The fourth-order valence-electron chi connectivity index (χ4n) is 1.06. The summed E-state index contributed by atoms with van der Waals surface area (Å²) < 4.78 is 1.73. The van der Waals surface area contributed by atoms with Crippen LogP contribution >= 0.6 is 0 Å². The number of hydrogen-bond acceptors (Lipinski definition) is 2. The second-order valence-corrected chi connectivity index (χ2v) is 2.55. The lowest BCUT2D eigenvalue weighted by Crippen LogP contribution is -2.07. The van der Waals surface area contributed by atoms with E-state index in [1.807, 2.05) is 6.92 Å². The third kappa shape index (κ3) is 1.66. The molecule has 1 atom stereocenters. The molecular formula is C9H12N2O. The molecule has 0 saturated carbocycles. The average molecular weight is 164 g/mol. The molecule has 1 aromatic rings. The molecule has 12 heavy (non-hydrogen) atoms. The summed E-state index contributed by atoms with van der Waals surface area (Å²) in [5, 5.41) is 13.4. The van der Waals surface area contributed by atoms with Gasteiger partial charge in [0.05, 0.1) is 5.69 Å². The number of aromatic nitrogens is 2. The van der Waals surface area contributed by atoms with E-state index < -0.39 is 6.10 Å². The number of aryl methyl sites for hydroxylation is 1. The Bertz CT molecular complexity index is 285. The van der Waals surface area contributed by atoms with Gasteiger partial charge in [-0.15, -0.1) is 6.42 Å². The Labute approximate surface area is 72.0 Å². The van der Waals surface area contributed by atoms with Crippen LogP contribution < -0.4 is 0 Å². The Morgan fingerprint density at radius 1 is 1.83 bits per heavy atom. The van der Waals surface area contributed by atoms with Crippen LogP contribution in [0.5, 0.6) is 0 Å². The maximum absolute atomic E-state index is 9.33. The van der Waals surface area contributed by atoms with Crippen LogP contribution in [0.25, 0.3) is 0 Å². The van der Waals surface area contributed by atoms with Crippen molar-refractivity contribution in [1.82, 2.24) is 9.78 Å². The summed E-state index contributed by atoms with van der Waals surface area (Å²) >= 11 is 0. The first-order valence-electron chi connectivity index (χ1n) is 3.95. The third-order valence-electron chi connectivity index (χ3n) is 1.62. The van der Waals surface area contributed by atoms with Crippen LogP contribution in [-0.2, 0) is 6.54 Å². The number of aliphatic hydroxyl groups excluding tert-OH is 1. The Kier molecular flexibility index (Phi) is 2.89. The zero-order chi connectivity index (χ0) is 8.97. The molecule has 0 aliphatic carbocycles. The first-order valence-corrected chi connectivity index (χ1v) is 3.95. The molecule has 1 aromatic heterocycles. The van der Waals surface area contributed by atoms with Gasteiger partial charge in [-0.1, -0.05) is 12.8 Å². The molecule has 1 unspecified atom stereocenters. The topological polar surface area (TPSA) is 38.1 Å². The lowest BCUT2D eigenvalue weighted by Gasteiger charge is -2.06. The Morgan fingerprint density at radius 3 is 3.17 bits per heavy atom. The van der Waals surface area contributed by atoms with E-state index in [1.54, 1.807) is 16.9 Å². The second-order valence-electron chi connectivity index (χ2n) is 2.55. The van der Waals surface area contributed by atoms with Crippen LogP contribution in [0.2, 0.25) is 0 Å². The largest absolute Gasteiger partial charge is 0.374 e. The van der Waals surface area contributed by atoms with Crippen LogP contribution in [0, 0.1) is 12.3 Å². The van der Waals surface area contributed by atoms with Crippen molar-refractivity contribution in [3.63, 3.8) is 0 Å². The van der Waals surface area contributed by atoms with Gasteiger partial charge < -0.3 is 5.11 Å². The molecule has 0 aromatic carbocycles. The quantitative estimate of drug-likeness (QED) is 0.676. The first kappa shape index (κ1) is 8.82. The van der Waals surface area contributed by atoms with Crippen molar-refractivity contribution in [2.24, 2.45) is 0 Å². The van der Waals surface area contributed by atoms with E-state index >= 15 is 0 Å². The third-order valence-corrected chi connectivity index (χ3v) is 1.62. The van der Waals surface area contributed by atoms with E-state index in [9.17, 15) is 5.11 Å². The summed E-state index contributed by atoms with van der Waals surface area (Å²) in [6.07, 6.45) is 6.88. The SMILES string of the molecule is C#CC(O)c1ccnn1CCC. The zero-order valence-corrected chi connectivity index (χ0v) is 7.07. The molecule has 0 aliphatic rings. The van der Waals surface area contributed by atoms with Gasteiger partial charge in [0.2, 0.25) is 0 Å². The van der Waals surface area contributed by atoms with Crippen LogP contribution in [0.15, 0.2) is 12.3 Å². The van der Waals surface area contributed by atoms with Gasteiger partial charge in [-0.3, -0.25) is 4.68 Å². The van der Waals surface area contributed by atoms with E-state index in [0.29, 0.717) is 5.69 Å². The molecule has 3 nitrogen and oxygen atoms in total. The van der Waals surface area contributed by atoms with Crippen molar-refractivity contribution < 1.29 is 5.11 Å². The predicted molar refractivity (Wildman–Crippen MR) is 46.3 cm³/mol. The van der Waals surface area contributed by atoms with Crippen molar-refractivity contribution in [1.29, 1.82) is 0 Å². The molecule has 0 spiro atoms. The summed E-state index contributed by atoms with van der Waals surface area (Å²) in [5.74, 6) is 2.26. The normalized spacial score (nSPS) is 12.4. The van der Waals surface area contributed by atoms with Gasteiger partial charge in [0.1, 0.15) is 0 Å². The van der Waals surface area contributed by atoms with Crippen LogP contribution in [0.4, 0.5) is 0 Å². The lowest BCUT2D eigenvalue weighted by molar-refractivity contribution is 0.225. The van der Waals surface area contributed by atoms with Crippen molar-refractivity contribution in [3.8, 4) is 12.3 Å². The van der Waals surface area contributed by atoms with Crippen LogP contribution in [0.3, 0.4) is 0 Å². The maximum Gasteiger partial charge on any atom is 0.156 e. The molecule has 0 saturated heterocycles. The molecule has 0 bridgehead atoms. The highest BCUT2D eigenvalue weighted by molar-refractivity contribution is 5.14. The Morgan fingerprint density at radius 2 is 2.58 bits per heavy atom. The minimum absolute atomic E-state index is 0.694. The highest BCUT2D eigenvalue weighted by Crippen LogP contribution is 2.10. The minimum atomic E-state index is -0.834. The fourth-order valence-corrected chi connectivity index (χ4v) is 1.06. The highest BCUT2D eigenvalue weighted by atomic mass is 16.3. The summed E-state index contributed by atoms with van der Waals surface area (Å²) in [5.41, 5.74) is 0.694. The van der Waals surface area contributed by atoms with E-state index in [0.717, 1.165) is 13.0 Å². The van der Waals surface area contributed by atoms with Crippen LogP contribution in [-0.4, -0.2) is 14.9 Å². The molecule has 3 heteroatoms. The van der Waals surface area contributed by atoms with Gasteiger partial charge >= 0.3 is 0 Å². The van der Waals surface area contributed by atoms with Gasteiger partial charge in [-0.2, -0.15) is 5.10 Å². The van der Waals surface area contributed by atoms with Gasteiger partial charge in [0, 0.05) is 12.7 Å². The van der Waals surface area contributed by atoms with Crippen molar-refractivity contribution in [2.45, 2.75) is 26.0 Å². The summed E-state index contributed by atoms with van der Waals surface area (Å²) in [7, 11) is 0. The standard InChI is InChI=1S/C9H12N2O/c1-3-7-11-8(5-6-10-11)9(12)4-2/h2,5-6,9,12H,3,7H2,1H3. The maximum atomic E-state index is 9.33. The monoisotopic (exact) mass is 164 g/mol. The molecule has 0 aliphatic heterocycles. The molecule has 1 rings (SSSR count). The number of terminal acetylenes is 1. The van der Waals surface area contributed by atoms with E-state index in [1.165, 1.54) is 0 Å². The summed E-state index contributed by atoms with van der Waals surface area (Å²) in [4.78, 5) is 0. The fraction of sp³-hybridized carbons (Fsp3) is 0.444. The van der Waals surface area contributed by atoms with Gasteiger partial charge in [-0.05, 0) is 12.5 Å². The highest BCUT2D eigenvalue weighted by Gasteiger charge is 2.08. The molecule has 0 fully saturated rings. The summed E-state index contributed by atoms with van der Waals surface area (Å²) in [6.45, 7) is 2.84. The zero-order valence-electron chi connectivity index (χ0n) is 7.07. The average Bonchev–Trinajstić information content (AvgIpc) is 2.52. The van der Waals surface area contributed by atoms with Crippen molar-refractivity contribution in [3.05, 3.63) is 18.0 Å². The molecule has 64 valence electrons. The van der Waals surface area contributed by atoms with Gasteiger partial charge in [0.15, 0.2) is 6.10 Å². The Balaban J connectivity index is 2.85. The van der Waals surface area contributed by atoms with Crippen LogP contribution in [0.1, 0.15) is 25.1 Å². The number of aliphatic hydroxyl groups is 1. The minimum Gasteiger partial charge on any atom is -0.374 e. The van der Waals surface area contributed by atoms with Crippen molar-refractivity contribution in [2.75, 3.05) is 0 Å². The molecule has 1 N–H and O–H groups in total. The first-order chi connectivity index (χ1) is 5.79. The lowest BCUT2D eigenvalue weighted by atomic mass is 10.2. The number of hydrogen-bond donors (Lipinski definition) is 1. The molecular weight excluding hydrogens is 152 g/mol. The van der Waals surface area contributed by atoms with E-state index in [2.05, 4.69) is 11.0 Å². The number of nitrogens with zero attached hydrogens (tertiary/aromatic N) is 2. The molecule has 0 amide bonds. The van der Waals surface area contributed by atoms with E-state index in [4.69, 9.17) is 6.42 Å². The number of rotatable bonds is 3. The van der Waals surface area contributed by atoms with Gasteiger partial charge in [-0.25, -0.2) is 0 Å². The van der Waals surface area contributed by atoms with Crippen molar-refractivity contribution >= 4 is 0 Å². The smallest absolute Gasteiger partial charge is 0.156 e.